The summed E-state index contributed by atoms with van der Waals surface area (Å²) in [6.45, 7) is -0.815. The summed E-state index contributed by atoms with van der Waals surface area (Å²) in [6, 6.07) is 8.53. The summed E-state index contributed by atoms with van der Waals surface area (Å²) in [7, 11) is 0. The van der Waals surface area contributed by atoms with E-state index in [0.29, 0.717) is 17.4 Å². The number of likely N-dealkylation sites (tertiary alicyclic amines) is 1. The van der Waals surface area contributed by atoms with Crippen LogP contribution >= 0.6 is 0 Å². The maximum absolute atomic E-state index is 12.8. The Bertz CT molecular complexity index is 840. The normalized spacial score (nSPS) is 35.0. The van der Waals surface area contributed by atoms with E-state index in [1.807, 2.05) is 0 Å². The first kappa shape index (κ1) is 16.4. The van der Waals surface area contributed by atoms with Crippen molar-refractivity contribution >= 4 is 23.6 Å². The van der Waals surface area contributed by atoms with Crippen molar-refractivity contribution in [3.05, 3.63) is 48.0 Å². The van der Waals surface area contributed by atoms with Gasteiger partial charge in [-0.05, 0) is 30.1 Å². The van der Waals surface area contributed by atoms with Crippen molar-refractivity contribution in [1.82, 2.24) is 4.90 Å². The number of ether oxygens (including phenoxy) is 1. The number of imide groups is 1. The van der Waals surface area contributed by atoms with E-state index in [9.17, 15) is 19.2 Å². The van der Waals surface area contributed by atoms with E-state index in [0.717, 1.165) is 11.3 Å². The van der Waals surface area contributed by atoms with Crippen molar-refractivity contribution in [2.75, 3.05) is 13.2 Å². The smallest absolute Gasteiger partial charge is 0.326 e. The van der Waals surface area contributed by atoms with Crippen molar-refractivity contribution in [2.24, 2.45) is 35.5 Å². The molecule has 5 aliphatic rings. The molecular formula is C21H19NO5. The summed E-state index contributed by atoms with van der Waals surface area (Å²) in [4.78, 5) is 50.8. The van der Waals surface area contributed by atoms with Gasteiger partial charge in [-0.25, -0.2) is 0 Å². The SMILES string of the molecule is O=C(CN1C(=O)[C@@H]2[C@H]3C=C[C@@H]([C@@H]4C[C@@H]34)[C@H]2C1=O)OCC(=O)c1ccccc1. The van der Waals surface area contributed by atoms with Crippen LogP contribution in [0, 0.1) is 35.5 Å². The molecule has 0 spiro atoms. The van der Waals surface area contributed by atoms with Gasteiger partial charge in [0.15, 0.2) is 12.4 Å². The van der Waals surface area contributed by atoms with E-state index in [2.05, 4.69) is 12.2 Å². The molecule has 0 radical (unpaired) electrons. The first-order valence-electron chi connectivity index (χ1n) is 9.33. The Morgan fingerprint density at radius 3 is 2.15 bits per heavy atom. The van der Waals surface area contributed by atoms with Crippen molar-refractivity contribution in [3.8, 4) is 0 Å². The van der Waals surface area contributed by atoms with Gasteiger partial charge in [0.25, 0.3) is 0 Å². The van der Waals surface area contributed by atoms with Crippen LogP contribution in [0.15, 0.2) is 42.5 Å². The standard InChI is InChI=1S/C21H19NO5/c23-16(11-4-2-1-3-5-11)10-27-17(24)9-22-20(25)18-12-6-7-13(15-8-14(12)15)19(18)21(22)26/h1-7,12-15,18-19H,8-10H2/t12-,13-,14-,15-,18+,19+/m0/s1. The second kappa shape index (κ2) is 5.87. The van der Waals surface area contributed by atoms with Gasteiger partial charge in [0.2, 0.25) is 11.8 Å². The molecule has 0 aromatic heterocycles. The molecule has 6 rings (SSSR count). The summed E-state index contributed by atoms with van der Waals surface area (Å²) >= 11 is 0. The van der Waals surface area contributed by atoms with Gasteiger partial charge in [-0.3, -0.25) is 24.1 Å². The lowest BCUT2D eigenvalue weighted by atomic mass is 9.63. The Kier molecular flexibility index (Phi) is 3.57. The number of carbonyl (C=O) groups is 4. The highest BCUT2D eigenvalue weighted by Gasteiger charge is 2.67. The summed E-state index contributed by atoms with van der Waals surface area (Å²) in [5.41, 5.74) is 0.450. The van der Waals surface area contributed by atoms with Gasteiger partial charge in [-0.15, -0.1) is 0 Å². The molecule has 6 heteroatoms. The lowest BCUT2D eigenvalue weighted by Gasteiger charge is -2.37. The van der Waals surface area contributed by atoms with Crippen molar-refractivity contribution < 1.29 is 23.9 Å². The third-order valence-corrected chi connectivity index (χ3v) is 6.50. The van der Waals surface area contributed by atoms with Gasteiger partial charge in [-0.2, -0.15) is 0 Å². The molecule has 1 heterocycles. The molecule has 4 aliphatic carbocycles. The fourth-order valence-corrected chi connectivity index (χ4v) is 5.20. The highest BCUT2D eigenvalue weighted by atomic mass is 16.5. The molecule has 2 bridgehead atoms. The number of esters is 1. The topological polar surface area (TPSA) is 80.8 Å². The Morgan fingerprint density at radius 2 is 1.56 bits per heavy atom. The van der Waals surface area contributed by atoms with Crippen LogP contribution < -0.4 is 0 Å². The number of Topliss-reactive ketones (excluding diaryl/α,β-unsaturated/α-hetero) is 1. The minimum absolute atomic E-state index is 0.127. The summed E-state index contributed by atoms with van der Waals surface area (Å²) in [5, 5.41) is 0. The molecule has 3 fully saturated rings. The number of hydrogen-bond acceptors (Lipinski definition) is 5. The van der Waals surface area contributed by atoms with E-state index in [-0.39, 0.29) is 41.3 Å². The third kappa shape index (κ3) is 2.46. The third-order valence-electron chi connectivity index (χ3n) is 6.50. The van der Waals surface area contributed by atoms with Crippen molar-refractivity contribution in [1.29, 1.82) is 0 Å². The summed E-state index contributed by atoms with van der Waals surface area (Å²) < 4.78 is 5.02. The van der Waals surface area contributed by atoms with E-state index >= 15 is 0 Å². The number of amides is 2. The molecule has 138 valence electrons. The predicted molar refractivity (Wildman–Crippen MR) is 93.1 cm³/mol. The molecule has 0 N–H and O–H groups in total. The fraction of sp³-hybridized carbons (Fsp3) is 0.429. The zero-order valence-corrected chi connectivity index (χ0v) is 14.6. The Balaban J connectivity index is 1.23. The Morgan fingerprint density at radius 1 is 0.963 bits per heavy atom. The number of hydrogen-bond donors (Lipinski definition) is 0. The molecular weight excluding hydrogens is 346 g/mol. The van der Waals surface area contributed by atoms with Crippen LogP contribution in [0.3, 0.4) is 0 Å². The largest absolute Gasteiger partial charge is 0.456 e. The predicted octanol–water partition coefficient (Wildman–Crippen LogP) is 1.47. The molecule has 1 aromatic carbocycles. The molecule has 0 unspecified atom stereocenters. The van der Waals surface area contributed by atoms with Crippen molar-refractivity contribution in [2.45, 2.75) is 6.42 Å². The number of nitrogens with zero attached hydrogens (tertiary/aromatic N) is 1. The van der Waals surface area contributed by atoms with Gasteiger partial charge in [0.1, 0.15) is 6.54 Å². The van der Waals surface area contributed by atoms with Gasteiger partial charge in [-0.1, -0.05) is 42.5 Å². The van der Waals surface area contributed by atoms with Crippen LogP contribution in [0.4, 0.5) is 0 Å². The zero-order valence-electron chi connectivity index (χ0n) is 14.6. The van der Waals surface area contributed by atoms with Gasteiger partial charge >= 0.3 is 5.97 Å². The summed E-state index contributed by atoms with van der Waals surface area (Å²) in [5.74, 6) is -0.928. The molecule has 1 aromatic rings. The molecule has 27 heavy (non-hydrogen) atoms. The fourth-order valence-electron chi connectivity index (χ4n) is 5.20. The minimum atomic E-state index is -0.731. The van der Waals surface area contributed by atoms with Crippen LogP contribution in [-0.2, 0) is 19.1 Å². The number of rotatable bonds is 5. The monoisotopic (exact) mass is 365 g/mol. The Hall–Kier alpha value is -2.76. The molecule has 6 nitrogen and oxygen atoms in total. The second-order valence-electron chi connectivity index (χ2n) is 7.87. The van der Waals surface area contributed by atoms with E-state index in [4.69, 9.17) is 4.74 Å². The van der Waals surface area contributed by atoms with Crippen LogP contribution in [0.25, 0.3) is 0 Å². The lowest BCUT2D eigenvalue weighted by molar-refractivity contribution is -0.152. The number of benzene rings is 1. The molecule has 2 saturated carbocycles. The highest BCUT2D eigenvalue weighted by Crippen LogP contribution is 2.65. The number of allylic oxidation sites excluding steroid dienone is 2. The van der Waals surface area contributed by atoms with Gasteiger partial charge in [0.05, 0.1) is 11.8 Å². The van der Waals surface area contributed by atoms with Crippen LogP contribution in [0.1, 0.15) is 16.8 Å². The van der Waals surface area contributed by atoms with Crippen LogP contribution in [-0.4, -0.2) is 41.6 Å². The quantitative estimate of drug-likeness (QED) is 0.342. The number of carbonyl (C=O) groups excluding carboxylic acids is 4. The molecule has 2 amide bonds. The maximum Gasteiger partial charge on any atom is 0.326 e. The number of ketones is 1. The first-order valence-corrected chi connectivity index (χ1v) is 9.33. The Labute approximate surface area is 156 Å². The van der Waals surface area contributed by atoms with E-state index < -0.39 is 19.1 Å². The first-order chi connectivity index (χ1) is 13.1. The lowest BCUT2D eigenvalue weighted by Crippen LogP contribution is -2.40. The van der Waals surface area contributed by atoms with Gasteiger partial charge < -0.3 is 4.74 Å². The van der Waals surface area contributed by atoms with Crippen LogP contribution in [0.5, 0.6) is 0 Å². The molecule has 6 atom stereocenters. The highest BCUT2D eigenvalue weighted by molar-refractivity contribution is 6.08. The van der Waals surface area contributed by atoms with Crippen LogP contribution in [0.2, 0.25) is 0 Å². The average molecular weight is 365 g/mol. The average Bonchev–Trinajstić information content (AvgIpc) is 3.48. The minimum Gasteiger partial charge on any atom is -0.456 e. The molecule has 1 aliphatic heterocycles. The zero-order chi connectivity index (χ0) is 18.7. The second-order valence-corrected chi connectivity index (χ2v) is 7.87. The van der Waals surface area contributed by atoms with Gasteiger partial charge in [0, 0.05) is 5.56 Å². The maximum atomic E-state index is 12.8. The van der Waals surface area contributed by atoms with E-state index in [1.165, 1.54) is 0 Å². The molecule has 1 saturated heterocycles. The van der Waals surface area contributed by atoms with E-state index in [1.54, 1.807) is 30.3 Å². The van der Waals surface area contributed by atoms with Crippen molar-refractivity contribution in [3.63, 3.8) is 0 Å². The summed E-state index contributed by atoms with van der Waals surface area (Å²) in [6.07, 6.45) is 5.27.